The van der Waals surface area contributed by atoms with E-state index in [1.807, 2.05) is 35.4 Å². The number of hydrogen-bond acceptors (Lipinski definition) is 5. The third-order valence-corrected chi connectivity index (χ3v) is 4.61. The van der Waals surface area contributed by atoms with Crippen LogP contribution >= 0.6 is 22.9 Å². The number of nitrogens with zero attached hydrogens (tertiary/aromatic N) is 4. The van der Waals surface area contributed by atoms with Gasteiger partial charge in [-0.15, -0.1) is 5.10 Å². The molecule has 0 unspecified atom stereocenters. The lowest BCUT2D eigenvalue weighted by Gasteiger charge is -2.21. The highest BCUT2D eigenvalue weighted by atomic mass is 35.5. The van der Waals surface area contributed by atoms with E-state index in [1.165, 1.54) is 11.3 Å². The van der Waals surface area contributed by atoms with E-state index in [9.17, 15) is 4.79 Å². The SMILES string of the molecule is CC(C)CN(CC(N)=O)c1nn2cc(-c3ccc(Cl)cc3)nc2s1. The van der Waals surface area contributed by atoms with Gasteiger partial charge in [0.1, 0.15) is 0 Å². The molecule has 0 aliphatic carbocycles. The van der Waals surface area contributed by atoms with Crippen LogP contribution in [0, 0.1) is 5.92 Å². The minimum absolute atomic E-state index is 0.152. The van der Waals surface area contributed by atoms with Gasteiger partial charge in [0.05, 0.1) is 18.4 Å². The molecular formula is C16H18ClN5OS. The maximum absolute atomic E-state index is 11.3. The van der Waals surface area contributed by atoms with Crippen molar-refractivity contribution in [2.45, 2.75) is 13.8 Å². The molecule has 1 amide bonds. The Morgan fingerprint density at radius 1 is 1.38 bits per heavy atom. The van der Waals surface area contributed by atoms with Crippen LogP contribution in [-0.2, 0) is 4.79 Å². The summed E-state index contributed by atoms with van der Waals surface area (Å²) in [7, 11) is 0. The number of aromatic nitrogens is 3. The number of primary amides is 1. The van der Waals surface area contributed by atoms with Crippen molar-refractivity contribution in [2.75, 3.05) is 18.0 Å². The number of rotatable bonds is 6. The second kappa shape index (κ2) is 6.78. The van der Waals surface area contributed by atoms with Gasteiger partial charge in [-0.25, -0.2) is 9.50 Å². The summed E-state index contributed by atoms with van der Waals surface area (Å²) in [6.07, 6.45) is 1.87. The predicted octanol–water partition coefficient (Wildman–Crippen LogP) is 3.06. The minimum Gasteiger partial charge on any atom is -0.368 e. The van der Waals surface area contributed by atoms with Gasteiger partial charge in [0.2, 0.25) is 16.0 Å². The van der Waals surface area contributed by atoms with Crippen molar-refractivity contribution in [3.63, 3.8) is 0 Å². The van der Waals surface area contributed by atoms with Crippen molar-refractivity contribution < 1.29 is 4.79 Å². The molecule has 0 radical (unpaired) electrons. The van der Waals surface area contributed by atoms with E-state index in [0.29, 0.717) is 17.5 Å². The minimum atomic E-state index is -0.370. The monoisotopic (exact) mass is 363 g/mol. The van der Waals surface area contributed by atoms with Crippen molar-refractivity contribution in [2.24, 2.45) is 11.7 Å². The Hall–Kier alpha value is -2.12. The first kappa shape index (κ1) is 16.7. The zero-order valence-corrected chi connectivity index (χ0v) is 15.0. The average Bonchev–Trinajstić information content (AvgIpc) is 3.04. The lowest BCUT2D eigenvalue weighted by Crippen LogP contribution is -2.36. The van der Waals surface area contributed by atoms with Crippen LogP contribution in [-0.4, -0.2) is 33.6 Å². The summed E-state index contributed by atoms with van der Waals surface area (Å²) >= 11 is 7.36. The fourth-order valence-corrected chi connectivity index (χ4v) is 3.43. The average molecular weight is 364 g/mol. The van der Waals surface area contributed by atoms with E-state index in [2.05, 4.69) is 23.9 Å². The highest BCUT2D eigenvalue weighted by molar-refractivity contribution is 7.20. The topological polar surface area (TPSA) is 76.5 Å². The molecule has 0 spiro atoms. The van der Waals surface area contributed by atoms with Crippen LogP contribution in [0.5, 0.6) is 0 Å². The van der Waals surface area contributed by atoms with Gasteiger partial charge in [-0.3, -0.25) is 4.79 Å². The lowest BCUT2D eigenvalue weighted by atomic mass is 10.2. The van der Waals surface area contributed by atoms with Crippen LogP contribution in [0.25, 0.3) is 16.2 Å². The molecule has 6 nitrogen and oxygen atoms in total. The standard InChI is InChI=1S/C16H18ClN5OS/c1-10(2)7-21(9-14(18)23)16-20-22-8-13(19-15(22)24-16)11-3-5-12(17)6-4-11/h3-6,8,10H,7,9H2,1-2H3,(H2,18,23). The molecule has 1 aromatic carbocycles. The van der Waals surface area contributed by atoms with Crippen LogP contribution < -0.4 is 10.6 Å². The molecule has 0 aliphatic rings. The number of hydrogen-bond donors (Lipinski definition) is 1. The zero-order valence-electron chi connectivity index (χ0n) is 13.4. The van der Waals surface area contributed by atoms with Crippen LogP contribution in [0.3, 0.4) is 0 Å². The molecule has 2 heterocycles. The lowest BCUT2D eigenvalue weighted by molar-refractivity contribution is -0.116. The van der Waals surface area contributed by atoms with Gasteiger partial charge < -0.3 is 10.6 Å². The molecular weight excluding hydrogens is 346 g/mol. The summed E-state index contributed by atoms with van der Waals surface area (Å²) in [5, 5.41) is 5.98. The van der Waals surface area contributed by atoms with E-state index in [-0.39, 0.29) is 12.5 Å². The van der Waals surface area contributed by atoms with Crippen molar-refractivity contribution in [3.05, 3.63) is 35.5 Å². The molecule has 0 saturated heterocycles. The molecule has 0 bridgehead atoms. The van der Waals surface area contributed by atoms with Crippen LogP contribution in [0.4, 0.5) is 5.13 Å². The molecule has 2 aromatic heterocycles. The van der Waals surface area contributed by atoms with Crippen molar-refractivity contribution >= 4 is 38.9 Å². The van der Waals surface area contributed by atoms with Gasteiger partial charge in [-0.05, 0) is 18.1 Å². The maximum Gasteiger partial charge on any atom is 0.237 e. The third kappa shape index (κ3) is 3.68. The number of nitrogens with two attached hydrogens (primary N) is 1. The Balaban J connectivity index is 1.90. The summed E-state index contributed by atoms with van der Waals surface area (Å²) in [5.41, 5.74) is 7.17. The van der Waals surface area contributed by atoms with E-state index < -0.39 is 0 Å². The molecule has 2 N–H and O–H groups in total. The maximum atomic E-state index is 11.3. The molecule has 0 aliphatic heterocycles. The Morgan fingerprint density at radius 3 is 2.67 bits per heavy atom. The number of carbonyl (C=O) groups excluding carboxylic acids is 1. The molecule has 3 rings (SSSR count). The molecule has 24 heavy (non-hydrogen) atoms. The summed E-state index contributed by atoms with van der Waals surface area (Å²) in [5.74, 6) is 0.0237. The van der Waals surface area contributed by atoms with Gasteiger partial charge >= 0.3 is 0 Å². The first-order chi connectivity index (χ1) is 11.4. The largest absolute Gasteiger partial charge is 0.368 e. The number of carbonyl (C=O) groups is 1. The van der Waals surface area contributed by atoms with E-state index in [0.717, 1.165) is 21.3 Å². The van der Waals surface area contributed by atoms with E-state index in [4.69, 9.17) is 17.3 Å². The third-order valence-electron chi connectivity index (χ3n) is 3.38. The van der Waals surface area contributed by atoms with Crippen LogP contribution in [0.15, 0.2) is 30.5 Å². The molecule has 0 fully saturated rings. The number of benzene rings is 1. The smallest absolute Gasteiger partial charge is 0.237 e. The number of anilines is 1. The quantitative estimate of drug-likeness (QED) is 0.730. The number of imidazole rings is 1. The Bertz CT molecular complexity index is 824. The van der Waals surface area contributed by atoms with Crippen molar-refractivity contribution in [1.82, 2.24) is 14.6 Å². The normalized spacial score (nSPS) is 11.3. The Labute approximate surface area is 148 Å². The molecule has 8 heteroatoms. The zero-order chi connectivity index (χ0) is 17.3. The Morgan fingerprint density at radius 2 is 2.08 bits per heavy atom. The Kier molecular flexibility index (Phi) is 4.73. The fourth-order valence-electron chi connectivity index (χ4n) is 2.42. The van der Waals surface area contributed by atoms with Crippen LogP contribution in [0.2, 0.25) is 5.02 Å². The predicted molar refractivity (Wildman–Crippen MR) is 97.6 cm³/mol. The molecule has 0 saturated carbocycles. The highest BCUT2D eigenvalue weighted by Gasteiger charge is 2.17. The second-order valence-electron chi connectivity index (χ2n) is 5.99. The van der Waals surface area contributed by atoms with Gasteiger partial charge in [-0.2, -0.15) is 0 Å². The van der Waals surface area contributed by atoms with Crippen molar-refractivity contribution in [3.8, 4) is 11.3 Å². The summed E-state index contributed by atoms with van der Waals surface area (Å²) in [6, 6.07) is 7.52. The van der Waals surface area contributed by atoms with Crippen LogP contribution in [0.1, 0.15) is 13.8 Å². The number of amides is 1. The summed E-state index contributed by atoms with van der Waals surface area (Å²) in [4.78, 5) is 18.6. The molecule has 3 aromatic rings. The summed E-state index contributed by atoms with van der Waals surface area (Å²) in [6.45, 7) is 5.04. The first-order valence-corrected chi connectivity index (χ1v) is 8.77. The van der Waals surface area contributed by atoms with Gasteiger partial charge in [0, 0.05) is 17.1 Å². The van der Waals surface area contributed by atoms with E-state index in [1.54, 1.807) is 4.52 Å². The van der Waals surface area contributed by atoms with Gasteiger partial charge in [0.25, 0.3) is 0 Å². The summed E-state index contributed by atoms with van der Waals surface area (Å²) < 4.78 is 1.73. The first-order valence-electron chi connectivity index (χ1n) is 7.58. The van der Waals surface area contributed by atoms with Crippen molar-refractivity contribution in [1.29, 1.82) is 0 Å². The molecule has 126 valence electrons. The fraction of sp³-hybridized carbons (Fsp3) is 0.312. The van der Waals surface area contributed by atoms with Gasteiger partial charge in [0.15, 0.2) is 0 Å². The van der Waals surface area contributed by atoms with E-state index >= 15 is 0 Å². The molecule has 0 atom stereocenters. The second-order valence-corrected chi connectivity index (χ2v) is 7.36. The number of halogens is 1. The highest BCUT2D eigenvalue weighted by Crippen LogP contribution is 2.27. The van der Waals surface area contributed by atoms with Gasteiger partial charge in [-0.1, -0.05) is 48.9 Å². The number of fused-ring (bicyclic) bond motifs is 1.